The number of nitrogens with one attached hydrogen (secondary N) is 1. The van der Waals surface area contributed by atoms with Crippen molar-refractivity contribution in [3.05, 3.63) is 23.8 Å². The van der Waals surface area contributed by atoms with Gasteiger partial charge in [-0.2, -0.15) is 0 Å². The first-order valence-electron chi connectivity index (χ1n) is 6.39. The molecule has 1 amide bonds. The number of hydrogen-bond donors (Lipinski definition) is 2. The van der Waals surface area contributed by atoms with Crippen LogP contribution in [0.3, 0.4) is 0 Å². The number of carbonyl (C=O) groups is 1. The maximum absolute atomic E-state index is 10.5. The Morgan fingerprint density at radius 3 is 2.70 bits per heavy atom. The van der Waals surface area contributed by atoms with E-state index in [2.05, 4.69) is 5.32 Å². The number of methoxy groups -OCH3 is 2. The van der Waals surface area contributed by atoms with Crippen molar-refractivity contribution in [3.63, 3.8) is 0 Å². The second kappa shape index (κ2) is 8.39. The Morgan fingerprint density at radius 1 is 1.35 bits per heavy atom. The zero-order valence-corrected chi connectivity index (χ0v) is 12.1. The summed E-state index contributed by atoms with van der Waals surface area (Å²) in [7, 11) is 3.26. The zero-order chi connectivity index (χ0) is 15.0. The molecule has 1 aromatic rings. The Balaban J connectivity index is 2.53. The molecule has 20 heavy (non-hydrogen) atoms. The second-order valence-electron chi connectivity index (χ2n) is 4.30. The van der Waals surface area contributed by atoms with Crippen molar-refractivity contribution in [2.24, 2.45) is 5.73 Å². The summed E-state index contributed by atoms with van der Waals surface area (Å²) in [4.78, 5) is 10.5. The topological polar surface area (TPSA) is 82.8 Å². The average Bonchev–Trinajstić information content (AvgIpc) is 2.45. The summed E-state index contributed by atoms with van der Waals surface area (Å²) in [5.74, 6) is 1.11. The lowest BCUT2D eigenvalue weighted by atomic mass is 10.1. The summed E-state index contributed by atoms with van der Waals surface area (Å²) in [6, 6.07) is 5.72. The molecule has 0 saturated carbocycles. The fourth-order valence-corrected chi connectivity index (χ4v) is 1.81. The van der Waals surface area contributed by atoms with Crippen LogP contribution >= 0.6 is 0 Å². The lowest BCUT2D eigenvalue weighted by Gasteiger charge is -2.18. The van der Waals surface area contributed by atoms with E-state index in [-0.39, 0.29) is 12.6 Å². The third-order valence-electron chi connectivity index (χ3n) is 2.84. The predicted octanol–water partition coefficient (Wildman–Crippen LogP) is 0.856. The number of rotatable bonds is 9. The van der Waals surface area contributed by atoms with Crippen LogP contribution in [0.2, 0.25) is 0 Å². The largest absolute Gasteiger partial charge is 0.497 e. The minimum absolute atomic E-state index is 0.0570. The molecule has 0 radical (unpaired) electrons. The van der Waals surface area contributed by atoms with Gasteiger partial charge in [0.2, 0.25) is 5.91 Å². The Labute approximate surface area is 119 Å². The molecule has 0 aromatic heterocycles. The highest BCUT2D eigenvalue weighted by atomic mass is 16.5. The summed E-state index contributed by atoms with van der Waals surface area (Å²) in [5.41, 5.74) is 5.98. The molecule has 0 aliphatic heterocycles. The molecule has 1 aromatic carbocycles. The number of nitrogens with two attached hydrogens (primary N) is 1. The van der Waals surface area contributed by atoms with Gasteiger partial charge in [-0.15, -0.1) is 0 Å². The van der Waals surface area contributed by atoms with Gasteiger partial charge in [-0.25, -0.2) is 0 Å². The van der Waals surface area contributed by atoms with Gasteiger partial charge in [0.1, 0.15) is 18.1 Å². The summed E-state index contributed by atoms with van der Waals surface area (Å²) in [5, 5.41) is 3.29. The molecule has 0 heterocycles. The fourth-order valence-electron chi connectivity index (χ4n) is 1.81. The maximum atomic E-state index is 10.5. The van der Waals surface area contributed by atoms with E-state index in [0.717, 1.165) is 17.1 Å². The van der Waals surface area contributed by atoms with E-state index in [1.54, 1.807) is 14.2 Å². The molecule has 0 aliphatic carbocycles. The summed E-state index contributed by atoms with van der Waals surface area (Å²) in [6.45, 7) is 2.98. The molecule has 1 unspecified atom stereocenters. The summed E-state index contributed by atoms with van der Waals surface area (Å²) in [6.07, 6.45) is 0. The monoisotopic (exact) mass is 282 g/mol. The van der Waals surface area contributed by atoms with Crippen LogP contribution in [-0.4, -0.2) is 39.9 Å². The van der Waals surface area contributed by atoms with E-state index in [1.165, 1.54) is 0 Å². The molecular weight excluding hydrogens is 260 g/mol. The molecule has 112 valence electrons. The first kappa shape index (κ1) is 16.3. The number of carbonyl (C=O) groups excluding carboxylic acids is 1. The number of ether oxygens (including phenoxy) is 3. The molecule has 3 N–H and O–H groups in total. The number of primary amides is 1. The lowest BCUT2D eigenvalue weighted by Crippen LogP contribution is -2.26. The normalized spacial score (nSPS) is 11.9. The lowest BCUT2D eigenvalue weighted by molar-refractivity contribution is -0.122. The molecule has 0 saturated heterocycles. The minimum atomic E-state index is -0.465. The van der Waals surface area contributed by atoms with Gasteiger partial charge >= 0.3 is 0 Å². The van der Waals surface area contributed by atoms with Crippen molar-refractivity contribution in [1.82, 2.24) is 5.32 Å². The highest BCUT2D eigenvalue weighted by Crippen LogP contribution is 2.28. The van der Waals surface area contributed by atoms with Crippen molar-refractivity contribution in [1.29, 1.82) is 0 Å². The Bertz CT molecular complexity index is 437. The van der Waals surface area contributed by atoms with Gasteiger partial charge in [-0.1, -0.05) is 0 Å². The molecule has 0 bridgehead atoms. The van der Waals surface area contributed by atoms with Gasteiger partial charge in [0, 0.05) is 18.2 Å². The van der Waals surface area contributed by atoms with Crippen molar-refractivity contribution in [2.45, 2.75) is 13.0 Å². The van der Waals surface area contributed by atoms with E-state index in [9.17, 15) is 4.79 Å². The van der Waals surface area contributed by atoms with Crippen molar-refractivity contribution >= 4 is 5.91 Å². The third-order valence-corrected chi connectivity index (χ3v) is 2.84. The van der Waals surface area contributed by atoms with Crippen LogP contribution in [0.5, 0.6) is 11.5 Å². The smallest absolute Gasteiger partial charge is 0.243 e. The van der Waals surface area contributed by atoms with Crippen LogP contribution in [0.25, 0.3) is 0 Å². The molecule has 0 aliphatic rings. The van der Waals surface area contributed by atoms with E-state index in [0.29, 0.717) is 13.2 Å². The highest BCUT2D eigenvalue weighted by molar-refractivity contribution is 5.74. The second-order valence-corrected chi connectivity index (χ2v) is 4.30. The van der Waals surface area contributed by atoms with E-state index < -0.39 is 5.91 Å². The number of amides is 1. The van der Waals surface area contributed by atoms with Crippen LogP contribution in [0.15, 0.2) is 18.2 Å². The summed E-state index contributed by atoms with van der Waals surface area (Å²) < 4.78 is 15.6. The van der Waals surface area contributed by atoms with Crippen molar-refractivity contribution in [2.75, 3.05) is 34.0 Å². The maximum Gasteiger partial charge on any atom is 0.243 e. The van der Waals surface area contributed by atoms with Gasteiger partial charge in [0.15, 0.2) is 0 Å². The van der Waals surface area contributed by atoms with Gasteiger partial charge in [-0.3, -0.25) is 4.79 Å². The van der Waals surface area contributed by atoms with E-state index in [1.807, 2.05) is 25.1 Å². The molecule has 6 nitrogen and oxygen atoms in total. The summed E-state index contributed by atoms with van der Waals surface area (Å²) >= 11 is 0. The quantitative estimate of drug-likeness (QED) is 0.656. The van der Waals surface area contributed by atoms with Gasteiger partial charge in [-0.05, 0) is 25.1 Å². The van der Waals surface area contributed by atoms with Gasteiger partial charge < -0.3 is 25.3 Å². The molecular formula is C14H22N2O4. The SMILES string of the molecule is COc1ccc(OC)c(C(C)NCCOCC(N)=O)c1. The van der Waals surface area contributed by atoms with Crippen LogP contribution in [0.4, 0.5) is 0 Å². The first-order chi connectivity index (χ1) is 9.58. The van der Waals surface area contributed by atoms with Crippen molar-refractivity contribution in [3.8, 4) is 11.5 Å². The average molecular weight is 282 g/mol. The number of benzene rings is 1. The van der Waals surface area contributed by atoms with Crippen LogP contribution in [-0.2, 0) is 9.53 Å². The molecule has 1 atom stereocenters. The van der Waals surface area contributed by atoms with Crippen LogP contribution < -0.4 is 20.5 Å². The molecule has 0 spiro atoms. The Kier molecular flexibility index (Phi) is 6.83. The van der Waals surface area contributed by atoms with E-state index in [4.69, 9.17) is 19.9 Å². The molecule has 1 rings (SSSR count). The standard InChI is InChI=1S/C14H22N2O4/c1-10(16-6-7-20-9-14(15)17)12-8-11(18-2)4-5-13(12)19-3/h4-5,8,10,16H,6-7,9H2,1-3H3,(H2,15,17). The van der Waals surface area contributed by atoms with Gasteiger partial charge in [0.05, 0.1) is 20.8 Å². The Morgan fingerprint density at radius 2 is 2.10 bits per heavy atom. The molecule has 0 fully saturated rings. The zero-order valence-electron chi connectivity index (χ0n) is 12.1. The van der Waals surface area contributed by atoms with Crippen LogP contribution in [0, 0.1) is 0 Å². The Hall–Kier alpha value is -1.79. The first-order valence-corrected chi connectivity index (χ1v) is 6.39. The minimum Gasteiger partial charge on any atom is -0.497 e. The highest BCUT2D eigenvalue weighted by Gasteiger charge is 2.12. The predicted molar refractivity (Wildman–Crippen MR) is 76.0 cm³/mol. The molecule has 6 heteroatoms. The fraction of sp³-hybridized carbons (Fsp3) is 0.500. The van der Waals surface area contributed by atoms with E-state index >= 15 is 0 Å². The van der Waals surface area contributed by atoms with Crippen LogP contribution in [0.1, 0.15) is 18.5 Å². The number of hydrogen-bond acceptors (Lipinski definition) is 5. The van der Waals surface area contributed by atoms with Crippen molar-refractivity contribution < 1.29 is 19.0 Å². The third kappa shape index (κ3) is 5.07. The van der Waals surface area contributed by atoms with Gasteiger partial charge in [0.25, 0.3) is 0 Å².